The van der Waals surface area contributed by atoms with E-state index in [9.17, 15) is 0 Å². The molecule has 2 aliphatic heterocycles. The first-order valence-corrected chi connectivity index (χ1v) is 7.74. The lowest BCUT2D eigenvalue weighted by Gasteiger charge is -2.37. The summed E-state index contributed by atoms with van der Waals surface area (Å²) in [6.07, 6.45) is 3.95. The van der Waals surface area contributed by atoms with Crippen molar-refractivity contribution in [1.82, 2.24) is 14.9 Å². The molecule has 4 heteroatoms. The van der Waals surface area contributed by atoms with Crippen LogP contribution >= 0.6 is 0 Å². The molecule has 4 nitrogen and oxygen atoms in total. The second-order valence-corrected chi connectivity index (χ2v) is 6.79. The minimum atomic E-state index is 0.516. The Morgan fingerprint density at radius 1 is 0.900 bits per heavy atom. The first kappa shape index (κ1) is 13.8. The van der Waals surface area contributed by atoms with E-state index >= 15 is 0 Å². The van der Waals surface area contributed by atoms with E-state index in [1.165, 1.54) is 37.9 Å². The molecule has 20 heavy (non-hydrogen) atoms. The Morgan fingerprint density at radius 3 is 2.05 bits per heavy atom. The summed E-state index contributed by atoms with van der Waals surface area (Å²) in [7, 11) is 2.23. The average Bonchev–Trinajstić information content (AvgIpc) is 2.84. The van der Waals surface area contributed by atoms with E-state index in [1.807, 2.05) is 0 Å². The minimum absolute atomic E-state index is 0.516. The van der Waals surface area contributed by atoms with Crippen LogP contribution in [0.25, 0.3) is 0 Å². The summed E-state index contributed by atoms with van der Waals surface area (Å²) in [5.41, 5.74) is 3.98. The van der Waals surface area contributed by atoms with Gasteiger partial charge in [0.05, 0.1) is 0 Å². The van der Waals surface area contributed by atoms with Crippen molar-refractivity contribution in [3.8, 4) is 0 Å². The van der Waals surface area contributed by atoms with Crippen molar-refractivity contribution in [3.05, 3.63) is 17.0 Å². The average molecular weight is 274 g/mol. The van der Waals surface area contributed by atoms with Gasteiger partial charge in [0.1, 0.15) is 0 Å². The zero-order chi connectivity index (χ0) is 14.3. The van der Waals surface area contributed by atoms with Crippen molar-refractivity contribution >= 4 is 5.95 Å². The molecule has 0 unspecified atom stereocenters. The van der Waals surface area contributed by atoms with Crippen LogP contribution in [-0.4, -0.2) is 48.1 Å². The van der Waals surface area contributed by atoms with Crippen LogP contribution in [0.15, 0.2) is 0 Å². The number of likely N-dealkylation sites (tertiary alicyclic amines) is 1. The molecule has 1 aromatic rings. The van der Waals surface area contributed by atoms with Crippen LogP contribution in [0.2, 0.25) is 0 Å². The predicted molar refractivity (Wildman–Crippen MR) is 82.2 cm³/mol. The SMILES string of the molecule is Cc1nc(N2CCC3(CCN(C)CC3)C2)nc(C)c1C. The lowest BCUT2D eigenvalue weighted by molar-refractivity contribution is 0.142. The summed E-state index contributed by atoms with van der Waals surface area (Å²) in [5.74, 6) is 0.946. The first-order valence-electron chi connectivity index (χ1n) is 7.74. The van der Waals surface area contributed by atoms with Gasteiger partial charge in [-0.15, -0.1) is 0 Å². The molecule has 0 bridgehead atoms. The summed E-state index contributed by atoms with van der Waals surface area (Å²) in [6.45, 7) is 11.0. The highest BCUT2D eigenvalue weighted by Gasteiger charge is 2.40. The Hall–Kier alpha value is -1.16. The molecule has 0 N–H and O–H groups in total. The molecular weight excluding hydrogens is 248 g/mol. The van der Waals surface area contributed by atoms with Gasteiger partial charge in [0, 0.05) is 24.5 Å². The smallest absolute Gasteiger partial charge is 0.225 e. The van der Waals surface area contributed by atoms with Crippen LogP contribution in [0.4, 0.5) is 5.95 Å². The van der Waals surface area contributed by atoms with E-state index in [0.29, 0.717) is 5.41 Å². The van der Waals surface area contributed by atoms with Gasteiger partial charge < -0.3 is 9.80 Å². The fraction of sp³-hybridized carbons (Fsp3) is 0.750. The van der Waals surface area contributed by atoms with Gasteiger partial charge in [-0.25, -0.2) is 9.97 Å². The molecule has 0 aromatic carbocycles. The zero-order valence-corrected chi connectivity index (χ0v) is 13.2. The molecule has 0 amide bonds. The second-order valence-electron chi connectivity index (χ2n) is 6.79. The van der Waals surface area contributed by atoms with Gasteiger partial charge in [0.25, 0.3) is 0 Å². The molecule has 0 aliphatic carbocycles. The molecule has 110 valence electrons. The summed E-state index contributed by atoms with van der Waals surface area (Å²) in [6, 6.07) is 0. The maximum Gasteiger partial charge on any atom is 0.225 e. The van der Waals surface area contributed by atoms with Crippen LogP contribution in [0.3, 0.4) is 0 Å². The van der Waals surface area contributed by atoms with E-state index in [2.05, 4.69) is 37.6 Å². The normalized spacial score (nSPS) is 22.7. The van der Waals surface area contributed by atoms with Gasteiger partial charge in [-0.05, 0) is 71.1 Å². The number of anilines is 1. The monoisotopic (exact) mass is 274 g/mol. The number of nitrogens with zero attached hydrogens (tertiary/aromatic N) is 4. The third kappa shape index (κ3) is 2.41. The number of rotatable bonds is 1. The number of piperidine rings is 1. The summed E-state index contributed by atoms with van der Waals surface area (Å²) in [4.78, 5) is 14.3. The Labute approximate surface area is 122 Å². The topological polar surface area (TPSA) is 32.3 Å². The fourth-order valence-corrected chi connectivity index (χ4v) is 3.50. The zero-order valence-electron chi connectivity index (χ0n) is 13.2. The van der Waals surface area contributed by atoms with Gasteiger partial charge in [-0.2, -0.15) is 0 Å². The Kier molecular flexibility index (Phi) is 3.44. The molecule has 2 fully saturated rings. The standard InChI is InChI=1S/C16H26N4/c1-12-13(2)17-15(18-14(12)3)20-10-7-16(11-20)5-8-19(4)9-6-16/h5-11H2,1-4H3. The summed E-state index contributed by atoms with van der Waals surface area (Å²) >= 11 is 0. The molecular formula is C16H26N4. The molecule has 1 aromatic heterocycles. The number of hydrogen-bond acceptors (Lipinski definition) is 4. The predicted octanol–water partition coefficient (Wildman–Crippen LogP) is 2.32. The molecule has 2 saturated heterocycles. The Bertz CT molecular complexity index is 480. The van der Waals surface area contributed by atoms with E-state index in [4.69, 9.17) is 9.97 Å². The minimum Gasteiger partial charge on any atom is -0.340 e. The number of aromatic nitrogens is 2. The Balaban J connectivity index is 1.77. The molecule has 3 heterocycles. The number of hydrogen-bond donors (Lipinski definition) is 0. The highest BCUT2D eigenvalue weighted by Crippen LogP contribution is 2.41. The van der Waals surface area contributed by atoms with Gasteiger partial charge >= 0.3 is 0 Å². The van der Waals surface area contributed by atoms with Crippen molar-refractivity contribution < 1.29 is 0 Å². The molecule has 0 radical (unpaired) electrons. The van der Waals surface area contributed by atoms with Crippen LogP contribution in [0.5, 0.6) is 0 Å². The molecule has 2 aliphatic rings. The van der Waals surface area contributed by atoms with Crippen molar-refractivity contribution in [2.24, 2.45) is 5.41 Å². The first-order chi connectivity index (χ1) is 9.49. The van der Waals surface area contributed by atoms with E-state index in [1.54, 1.807) is 0 Å². The maximum atomic E-state index is 4.71. The van der Waals surface area contributed by atoms with E-state index in [0.717, 1.165) is 30.4 Å². The van der Waals surface area contributed by atoms with Crippen molar-refractivity contribution in [2.45, 2.75) is 40.0 Å². The van der Waals surface area contributed by atoms with Crippen LogP contribution < -0.4 is 4.90 Å². The number of aryl methyl sites for hydroxylation is 2. The van der Waals surface area contributed by atoms with Crippen molar-refractivity contribution in [2.75, 3.05) is 38.1 Å². The second kappa shape index (κ2) is 4.99. The van der Waals surface area contributed by atoms with Gasteiger partial charge in [0.2, 0.25) is 5.95 Å². The van der Waals surface area contributed by atoms with Crippen LogP contribution in [0, 0.1) is 26.2 Å². The van der Waals surface area contributed by atoms with Gasteiger partial charge in [-0.1, -0.05) is 0 Å². The van der Waals surface area contributed by atoms with Crippen molar-refractivity contribution in [3.63, 3.8) is 0 Å². The largest absolute Gasteiger partial charge is 0.340 e. The highest BCUT2D eigenvalue weighted by molar-refractivity contribution is 5.38. The fourth-order valence-electron chi connectivity index (χ4n) is 3.50. The van der Waals surface area contributed by atoms with Crippen LogP contribution in [-0.2, 0) is 0 Å². The van der Waals surface area contributed by atoms with Gasteiger partial charge in [0.15, 0.2) is 0 Å². The Morgan fingerprint density at radius 2 is 1.45 bits per heavy atom. The third-order valence-electron chi connectivity index (χ3n) is 5.39. The molecule has 0 saturated carbocycles. The van der Waals surface area contributed by atoms with Gasteiger partial charge in [-0.3, -0.25) is 0 Å². The summed E-state index contributed by atoms with van der Waals surface area (Å²) in [5, 5.41) is 0. The highest BCUT2D eigenvalue weighted by atomic mass is 15.3. The lowest BCUT2D eigenvalue weighted by atomic mass is 9.78. The molecule has 1 spiro atoms. The van der Waals surface area contributed by atoms with E-state index < -0.39 is 0 Å². The summed E-state index contributed by atoms with van der Waals surface area (Å²) < 4.78 is 0. The van der Waals surface area contributed by atoms with Crippen LogP contribution in [0.1, 0.15) is 36.2 Å². The molecule has 3 rings (SSSR count). The van der Waals surface area contributed by atoms with Crippen molar-refractivity contribution in [1.29, 1.82) is 0 Å². The van der Waals surface area contributed by atoms with E-state index in [-0.39, 0.29) is 0 Å². The quantitative estimate of drug-likeness (QED) is 0.787. The third-order valence-corrected chi connectivity index (χ3v) is 5.39. The lowest BCUT2D eigenvalue weighted by Crippen LogP contribution is -2.40. The molecule has 0 atom stereocenters. The maximum absolute atomic E-state index is 4.71.